The van der Waals surface area contributed by atoms with Gasteiger partial charge in [0.25, 0.3) is 0 Å². The van der Waals surface area contributed by atoms with Gasteiger partial charge in [0.1, 0.15) is 0 Å². The van der Waals surface area contributed by atoms with E-state index in [0.29, 0.717) is 25.0 Å². The molecule has 0 aromatic rings. The highest BCUT2D eigenvalue weighted by atomic mass is 32.2. The summed E-state index contributed by atoms with van der Waals surface area (Å²) < 4.78 is 26.4. The summed E-state index contributed by atoms with van der Waals surface area (Å²) in [6.45, 7) is 8.43. The maximum absolute atomic E-state index is 12.4. The summed E-state index contributed by atoms with van der Waals surface area (Å²) in [5.41, 5.74) is 0. The lowest BCUT2D eigenvalue weighted by Gasteiger charge is -2.26. The molecule has 0 spiro atoms. The molecule has 0 bridgehead atoms. The molecule has 1 aliphatic rings. The van der Waals surface area contributed by atoms with Gasteiger partial charge in [-0.1, -0.05) is 33.6 Å². The summed E-state index contributed by atoms with van der Waals surface area (Å²) in [7, 11) is -3.08. The second kappa shape index (κ2) is 8.22. The van der Waals surface area contributed by atoms with Gasteiger partial charge >= 0.3 is 0 Å². The van der Waals surface area contributed by atoms with Crippen molar-refractivity contribution in [2.45, 2.75) is 58.9 Å². The summed E-state index contributed by atoms with van der Waals surface area (Å²) >= 11 is 0. The number of nitrogens with one attached hydrogen (secondary N) is 1. The Labute approximate surface area is 119 Å². The quantitative estimate of drug-likeness (QED) is 0.745. The van der Waals surface area contributed by atoms with Gasteiger partial charge < -0.3 is 5.32 Å². The molecular weight excluding hydrogens is 260 g/mol. The Morgan fingerprint density at radius 2 is 2.05 bits per heavy atom. The Hall–Kier alpha value is -0.130. The summed E-state index contributed by atoms with van der Waals surface area (Å²) in [5, 5.41) is 3.42. The minimum atomic E-state index is -3.08. The number of piperidine rings is 1. The molecule has 4 nitrogen and oxygen atoms in total. The van der Waals surface area contributed by atoms with Crippen molar-refractivity contribution in [3.63, 3.8) is 0 Å². The zero-order valence-corrected chi connectivity index (χ0v) is 13.5. The lowest BCUT2D eigenvalue weighted by molar-refractivity contribution is 0.355. The van der Waals surface area contributed by atoms with Crippen molar-refractivity contribution >= 4 is 10.0 Å². The Balaban J connectivity index is 2.47. The van der Waals surface area contributed by atoms with E-state index in [1.165, 1.54) is 12.8 Å². The van der Waals surface area contributed by atoms with Crippen LogP contribution in [0, 0.1) is 5.92 Å². The van der Waals surface area contributed by atoms with E-state index >= 15 is 0 Å². The van der Waals surface area contributed by atoms with Gasteiger partial charge in [-0.2, -0.15) is 0 Å². The molecule has 0 saturated carbocycles. The van der Waals surface area contributed by atoms with Crippen molar-refractivity contribution in [2.24, 2.45) is 5.92 Å². The van der Waals surface area contributed by atoms with Crippen LogP contribution in [0.4, 0.5) is 0 Å². The molecule has 2 unspecified atom stereocenters. The van der Waals surface area contributed by atoms with E-state index in [-0.39, 0.29) is 5.75 Å². The third kappa shape index (κ3) is 5.79. The minimum Gasteiger partial charge on any atom is -0.314 e. The summed E-state index contributed by atoms with van der Waals surface area (Å²) in [6.07, 6.45) is 5.34. The summed E-state index contributed by atoms with van der Waals surface area (Å²) in [4.78, 5) is 0. The molecule has 1 heterocycles. The summed E-state index contributed by atoms with van der Waals surface area (Å²) in [6, 6.07) is 0.394. The Morgan fingerprint density at radius 1 is 1.32 bits per heavy atom. The molecule has 0 amide bonds. The first-order valence-electron chi connectivity index (χ1n) is 7.70. The highest BCUT2D eigenvalue weighted by Gasteiger charge is 2.23. The fraction of sp³-hybridized carbons (Fsp3) is 1.00. The van der Waals surface area contributed by atoms with Crippen LogP contribution in [-0.4, -0.2) is 44.2 Å². The highest BCUT2D eigenvalue weighted by molar-refractivity contribution is 7.89. The van der Waals surface area contributed by atoms with Gasteiger partial charge in [-0.15, -0.1) is 0 Å². The first-order valence-corrected chi connectivity index (χ1v) is 9.31. The average molecular weight is 290 g/mol. The zero-order valence-electron chi connectivity index (χ0n) is 12.7. The number of nitrogens with zero attached hydrogens (tertiary/aromatic N) is 1. The normalized spacial score (nSPS) is 22.6. The van der Waals surface area contributed by atoms with Crippen molar-refractivity contribution in [3.8, 4) is 0 Å². The third-order valence-electron chi connectivity index (χ3n) is 4.09. The molecule has 1 aliphatic heterocycles. The third-order valence-corrected chi connectivity index (χ3v) is 6.04. The topological polar surface area (TPSA) is 49.4 Å². The highest BCUT2D eigenvalue weighted by Crippen LogP contribution is 2.14. The van der Waals surface area contributed by atoms with Crippen LogP contribution in [0.3, 0.4) is 0 Å². The van der Waals surface area contributed by atoms with E-state index in [4.69, 9.17) is 0 Å². The zero-order chi connectivity index (χ0) is 14.3. The van der Waals surface area contributed by atoms with Crippen LogP contribution in [-0.2, 0) is 10.0 Å². The van der Waals surface area contributed by atoms with Gasteiger partial charge in [0.2, 0.25) is 10.0 Å². The first kappa shape index (κ1) is 16.9. The van der Waals surface area contributed by atoms with Crippen molar-refractivity contribution in [1.82, 2.24) is 9.62 Å². The largest absolute Gasteiger partial charge is 0.314 e. The first-order chi connectivity index (χ1) is 8.99. The molecule has 5 heteroatoms. The molecule has 19 heavy (non-hydrogen) atoms. The fourth-order valence-corrected chi connectivity index (χ4v) is 4.22. The molecule has 0 radical (unpaired) electrons. The molecule has 1 rings (SSSR count). The van der Waals surface area contributed by atoms with Crippen LogP contribution >= 0.6 is 0 Å². The lowest BCUT2D eigenvalue weighted by Crippen LogP contribution is -2.40. The maximum atomic E-state index is 12.4. The van der Waals surface area contributed by atoms with Crippen LogP contribution in [0.1, 0.15) is 52.9 Å². The van der Waals surface area contributed by atoms with Crippen molar-refractivity contribution in [3.05, 3.63) is 0 Å². The molecule has 0 aromatic heterocycles. The van der Waals surface area contributed by atoms with Crippen molar-refractivity contribution < 1.29 is 8.42 Å². The van der Waals surface area contributed by atoms with Gasteiger partial charge in [0.15, 0.2) is 0 Å². The van der Waals surface area contributed by atoms with E-state index in [9.17, 15) is 8.42 Å². The van der Waals surface area contributed by atoms with Crippen LogP contribution < -0.4 is 5.32 Å². The van der Waals surface area contributed by atoms with E-state index in [1.54, 1.807) is 4.31 Å². The van der Waals surface area contributed by atoms with Crippen LogP contribution in [0.5, 0.6) is 0 Å². The molecule has 0 aliphatic carbocycles. The Bertz CT molecular complexity index is 337. The van der Waals surface area contributed by atoms with E-state index in [1.807, 2.05) is 6.92 Å². The van der Waals surface area contributed by atoms with Crippen molar-refractivity contribution in [1.29, 1.82) is 0 Å². The maximum Gasteiger partial charge on any atom is 0.214 e. The molecule has 1 saturated heterocycles. The Kier molecular flexibility index (Phi) is 7.32. The predicted octanol–water partition coefficient (Wildman–Crippen LogP) is 2.22. The van der Waals surface area contributed by atoms with Gasteiger partial charge in [0, 0.05) is 19.1 Å². The van der Waals surface area contributed by atoms with Crippen LogP contribution in [0.2, 0.25) is 0 Å². The summed E-state index contributed by atoms with van der Waals surface area (Å²) in [5.74, 6) is 0.720. The monoisotopic (exact) mass is 290 g/mol. The van der Waals surface area contributed by atoms with Gasteiger partial charge in [-0.05, 0) is 31.7 Å². The predicted molar refractivity (Wildman–Crippen MR) is 80.7 cm³/mol. The van der Waals surface area contributed by atoms with Gasteiger partial charge in [-0.25, -0.2) is 12.7 Å². The number of hydrogen-bond donors (Lipinski definition) is 1. The second-order valence-corrected chi connectivity index (χ2v) is 7.80. The lowest BCUT2D eigenvalue weighted by atomic mass is 10.0. The van der Waals surface area contributed by atoms with E-state index < -0.39 is 10.0 Å². The van der Waals surface area contributed by atoms with Crippen molar-refractivity contribution in [2.75, 3.05) is 25.4 Å². The number of hydrogen-bond acceptors (Lipinski definition) is 3. The molecule has 1 fully saturated rings. The standard InChI is InChI=1S/C14H30N2O2S/c1-4-13(3)12-16(5-2)19(17,18)11-9-14-8-6-7-10-15-14/h13-15H,4-12H2,1-3H3. The fourth-order valence-electron chi connectivity index (χ4n) is 2.51. The SMILES string of the molecule is CCC(C)CN(CC)S(=O)(=O)CCC1CCCCN1. The minimum absolute atomic E-state index is 0.287. The molecule has 2 atom stereocenters. The average Bonchev–Trinajstić information content (AvgIpc) is 2.43. The van der Waals surface area contributed by atoms with E-state index in [2.05, 4.69) is 19.2 Å². The Morgan fingerprint density at radius 3 is 2.58 bits per heavy atom. The van der Waals surface area contributed by atoms with Crippen LogP contribution in [0.15, 0.2) is 0 Å². The molecule has 0 aromatic carbocycles. The van der Waals surface area contributed by atoms with Gasteiger partial charge in [0.05, 0.1) is 5.75 Å². The van der Waals surface area contributed by atoms with Crippen LogP contribution in [0.25, 0.3) is 0 Å². The molecular formula is C14H30N2O2S. The van der Waals surface area contributed by atoms with E-state index in [0.717, 1.165) is 25.8 Å². The number of sulfonamides is 1. The van der Waals surface area contributed by atoms with Gasteiger partial charge in [-0.3, -0.25) is 0 Å². The number of rotatable bonds is 8. The second-order valence-electron chi connectivity index (χ2n) is 5.72. The molecule has 114 valence electrons. The molecule has 1 N–H and O–H groups in total. The smallest absolute Gasteiger partial charge is 0.214 e.